The van der Waals surface area contributed by atoms with Gasteiger partial charge in [0, 0.05) is 0 Å². The molecule has 1 N–H and O–H groups in total. The van der Waals surface area contributed by atoms with Crippen LogP contribution in [0, 0.1) is 5.92 Å². The van der Waals surface area contributed by atoms with E-state index in [1.807, 2.05) is 13.0 Å². The molecule has 0 spiro atoms. The average Bonchev–Trinajstić information content (AvgIpc) is 2.31. The number of amides is 1. The van der Waals surface area contributed by atoms with E-state index in [9.17, 15) is 4.79 Å². The summed E-state index contributed by atoms with van der Waals surface area (Å²) in [4.78, 5) is 16.5. The van der Waals surface area contributed by atoms with Crippen LogP contribution in [-0.4, -0.2) is 17.6 Å². The van der Waals surface area contributed by atoms with E-state index in [0.717, 1.165) is 0 Å². The van der Waals surface area contributed by atoms with Gasteiger partial charge in [0.05, 0.1) is 12.3 Å². The highest BCUT2D eigenvalue weighted by Gasteiger charge is 2.33. The minimum atomic E-state index is -0.0370. The monoisotopic (exact) mass is 168 g/mol. The number of thioether (sulfide) groups is 1. The zero-order valence-electron chi connectivity index (χ0n) is 6.07. The first-order valence-corrected chi connectivity index (χ1v) is 4.32. The number of carbonyl (C=O) groups excluding carboxylic acids is 1. The fourth-order valence-corrected chi connectivity index (χ4v) is 2.31. The molecular formula is C7H8N2OS. The highest BCUT2D eigenvalue weighted by atomic mass is 32.2. The van der Waals surface area contributed by atoms with Crippen molar-refractivity contribution in [3.63, 3.8) is 0 Å². The quantitative estimate of drug-likeness (QED) is 0.579. The van der Waals surface area contributed by atoms with Crippen LogP contribution in [0.3, 0.4) is 0 Å². The second kappa shape index (κ2) is 2.37. The van der Waals surface area contributed by atoms with E-state index in [1.54, 1.807) is 11.8 Å². The Hall–Kier alpha value is -0.770. The van der Waals surface area contributed by atoms with Crippen LogP contribution in [0.4, 0.5) is 0 Å². The number of hydrogen-bond donors (Lipinski definition) is 1. The maximum atomic E-state index is 11.2. The number of aliphatic imine (C=N–C) groups is 1. The van der Waals surface area contributed by atoms with E-state index in [0.29, 0.717) is 0 Å². The van der Waals surface area contributed by atoms with Gasteiger partial charge < -0.3 is 5.32 Å². The summed E-state index contributed by atoms with van der Waals surface area (Å²) >= 11 is 1.66. The van der Waals surface area contributed by atoms with Gasteiger partial charge in [-0.1, -0.05) is 6.08 Å². The van der Waals surface area contributed by atoms with Gasteiger partial charge >= 0.3 is 0 Å². The lowest BCUT2D eigenvalue weighted by Crippen LogP contribution is -2.36. The average molecular weight is 168 g/mol. The Bertz CT molecular complexity index is 259. The molecule has 2 aliphatic heterocycles. The van der Waals surface area contributed by atoms with Gasteiger partial charge in [0.1, 0.15) is 5.37 Å². The predicted molar refractivity (Wildman–Crippen MR) is 45.3 cm³/mol. The molecule has 0 aromatic heterocycles. The first-order valence-electron chi connectivity index (χ1n) is 3.44. The van der Waals surface area contributed by atoms with Crippen molar-refractivity contribution in [2.24, 2.45) is 10.9 Å². The van der Waals surface area contributed by atoms with Crippen molar-refractivity contribution >= 4 is 24.0 Å². The summed E-state index contributed by atoms with van der Waals surface area (Å²) in [5.41, 5.74) is 0. The Balaban J connectivity index is 2.28. The minimum Gasteiger partial charge on any atom is -0.317 e. The highest BCUT2D eigenvalue weighted by molar-refractivity contribution is 8.03. The number of fused-ring (bicyclic) bond motifs is 1. The van der Waals surface area contributed by atoms with Gasteiger partial charge in [-0.05, 0) is 11.8 Å². The van der Waals surface area contributed by atoms with Crippen molar-refractivity contribution in [3.05, 3.63) is 11.0 Å². The summed E-state index contributed by atoms with van der Waals surface area (Å²) in [6.07, 6.45) is 3.46. The normalized spacial score (nSPS) is 34.6. The summed E-state index contributed by atoms with van der Waals surface area (Å²) in [5, 5.41) is 2.69. The van der Waals surface area contributed by atoms with Crippen LogP contribution in [-0.2, 0) is 4.79 Å². The van der Waals surface area contributed by atoms with E-state index in [4.69, 9.17) is 0 Å². The van der Waals surface area contributed by atoms with Crippen LogP contribution in [0.1, 0.15) is 6.92 Å². The fourth-order valence-electron chi connectivity index (χ4n) is 1.24. The smallest absolute Gasteiger partial charge is 0.235 e. The lowest BCUT2D eigenvalue weighted by Gasteiger charge is -2.16. The summed E-state index contributed by atoms with van der Waals surface area (Å²) in [5.74, 6) is 0.0272. The maximum absolute atomic E-state index is 11.2. The molecule has 2 aliphatic rings. The van der Waals surface area contributed by atoms with E-state index in [1.165, 1.54) is 11.2 Å². The van der Waals surface area contributed by atoms with Gasteiger partial charge in [0.2, 0.25) is 5.91 Å². The molecule has 0 aromatic carbocycles. The van der Waals surface area contributed by atoms with Crippen molar-refractivity contribution in [1.82, 2.24) is 5.32 Å². The molecule has 4 heteroatoms. The topological polar surface area (TPSA) is 41.5 Å². The molecule has 11 heavy (non-hydrogen) atoms. The molecule has 0 radical (unpaired) electrons. The molecule has 0 fully saturated rings. The molecule has 1 amide bonds. The van der Waals surface area contributed by atoms with Gasteiger partial charge in [-0.15, -0.1) is 11.8 Å². The SMILES string of the molecule is CC1=C[C@@H]2C(=O)NC=N[C@@H]2S1. The molecule has 3 nitrogen and oxygen atoms in total. The van der Waals surface area contributed by atoms with E-state index >= 15 is 0 Å². The van der Waals surface area contributed by atoms with Crippen LogP contribution in [0.5, 0.6) is 0 Å². The molecule has 0 saturated carbocycles. The Labute approximate surface area is 69.0 Å². The van der Waals surface area contributed by atoms with Crippen LogP contribution >= 0.6 is 11.8 Å². The van der Waals surface area contributed by atoms with E-state index < -0.39 is 0 Å². The van der Waals surface area contributed by atoms with Gasteiger partial charge in [-0.25, -0.2) is 0 Å². The van der Waals surface area contributed by atoms with Crippen molar-refractivity contribution in [2.45, 2.75) is 12.3 Å². The third kappa shape index (κ3) is 1.07. The van der Waals surface area contributed by atoms with Crippen LogP contribution in [0.15, 0.2) is 16.0 Å². The van der Waals surface area contributed by atoms with Crippen molar-refractivity contribution in [3.8, 4) is 0 Å². The van der Waals surface area contributed by atoms with Gasteiger partial charge in [-0.2, -0.15) is 0 Å². The zero-order valence-corrected chi connectivity index (χ0v) is 6.89. The first kappa shape index (κ1) is 6.91. The number of nitrogens with one attached hydrogen (secondary N) is 1. The number of rotatable bonds is 0. The molecule has 2 heterocycles. The van der Waals surface area contributed by atoms with Gasteiger partial charge in [0.15, 0.2) is 0 Å². The molecule has 0 bridgehead atoms. The molecule has 58 valence electrons. The molecule has 2 rings (SSSR count). The van der Waals surface area contributed by atoms with Crippen molar-refractivity contribution in [1.29, 1.82) is 0 Å². The summed E-state index contributed by atoms with van der Waals surface area (Å²) in [6.45, 7) is 2.01. The van der Waals surface area contributed by atoms with Crippen LogP contribution in [0.2, 0.25) is 0 Å². The molecule has 0 saturated heterocycles. The Morgan fingerprint density at radius 1 is 1.73 bits per heavy atom. The maximum Gasteiger partial charge on any atom is 0.235 e. The number of carbonyl (C=O) groups is 1. The lowest BCUT2D eigenvalue weighted by atomic mass is 10.1. The summed E-state index contributed by atoms with van der Waals surface area (Å²) < 4.78 is 0. The van der Waals surface area contributed by atoms with Gasteiger partial charge in [0.25, 0.3) is 0 Å². The van der Waals surface area contributed by atoms with Gasteiger partial charge in [-0.3, -0.25) is 9.79 Å². The third-order valence-electron chi connectivity index (χ3n) is 1.76. The number of allylic oxidation sites excluding steroid dienone is 1. The van der Waals surface area contributed by atoms with E-state index in [-0.39, 0.29) is 17.2 Å². The zero-order chi connectivity index (χ0) is 7.84. The molecule has 0 unspecified atom stereocenters. The summed E-state index contributed by atoms with van der Waals surface area (Å²) in [6, 6.07) is 0. The Kier molecular flexibility index (Phi) is 1.49. The predicted octanol–water partition coefficient (Wildman–Crippen LogP) is 0.737. The molecular weight excluding hydrogens is 160 g/mol. The third-order valence-corrected chi connectivity index (χ3v) is 2.92. The second-order valence-electron chi connectivity index (χ2n) is 2.60. The lowest BCUT2D eigenvalue weighted by molar-refractivity contribution is -0.122. The summed E-state index contributed by atoms with van der Waals surface area (Å²) in [7, 11) is 0. The Morgan fingerprint density at radius 3 is 3.27 bits per heavy atom. The largest absolute Gasteiger partial charge is 0.317 e. The number of nitrogens with zero attached hydrogens (tertiary/aromatic N) is 1. The van der Waals surface area contributed by atoms with Crippen molar-refractivity contribution in [2.75, 3.05) is 0 Å². The van der Waals surface area contributed by atoms with E-state index in [2.05, 4.69) is 10.3 Å². The first-order chi connectivity index (χ1) is 5.27. The van der Waals surface area contributed by atoms with Crippen LogP contribution < -0.4 is 5.32 Å². The standard InChI is InChI=1S/C7H8N2OS/c1-4-2-5-6(10)8-3-9-7(5)11-4/h2-3,5,7H,1H3,(H,8,9,10)/t5-,7-/m1/s1. The number of hydrogen-bond acceptors (Lipinski definition) is 3. The fraction of sp³-hybridized carbons (Fsp3) is 0.429. The Morgan fingerprint density at radius 2 is 2.55 bits per heavy atom. The highest BCUT2D eigenvalue weighted by Crippen LogP contribution is 2.37. The second-order valence-corrected chi connectivity index (χ2v) is 3.96. The molecule has 2 atom stereocenters. The van der Waals surface area contributed by atoms with Crippen LogP contribution in [0.25, 0.3) is 0 Å². The minimum absolute atomic E-state index is 0.0370. The molecule has 0 aliphatic carbocycles. The van der Waals surface area contributed by atoms with Crippen molar-refractivity contribution < 1.29 is 4.79 Å². The molecule has 0 aromatic rings.